The summed E-state index contributed by atoms with van der Waals surface area (Å²) in [5.74, 6) is 0.627. The van der Waals surface area contributed by atoms with Gasteiger partial charge in [-0.05, 0) is 0 Å². The molecule has 0 aromatic heterocycles. The van der Waals surface area contributed by atoms with Gasteiger partial charge in [-0.25, -0.2) is 0 Å². The number of unbranched alkanes of at least 4 members (excludes halogenated alkanes) is 5. The first-order chi connectivity index (χ1) is 11.7. The first kappa shape index (κ1) is 24.5. The molecule has 0 bridgehead atoms. The molecule has 0 aliphatic carbocycles. The molecule has 0 spiro atoms. The summed E-state index contributed by atoms with van der Waals surface area (Å²) >= 11 is -2.12. The van der Waals surface area contributed by atoms with E-state index in [1.54, 1.807) is 13.3 Å². The first-order valence-corrected chi connectivity index (χ1v) is 18.7. The number of hydrogen-bond acceptors (Lipinski definition) is 1. The predicted molar refractivity (Wildman–Crippen MR) is 113 cm³/mol. The first-order valence-electron chi connectivity index (χ1n) is 11.0. The number of allylic oxidation sites excluding steroid dienone is 1. The molecule has 0 amide bonds. The van der Waals surface area contributed by atoms with Crippen LogP contribution in [0.4, 0.5) is 0 Å². The number of aliphatic hydroxyl groups is 1. The average Bonchev–Trinajstić information content (AvgIpc) is 2.60. The summed E-state index contributed by atoms with van der Waals surface area (Å²) < 4.78 is 7.48. The molecule has 144 valence electrons. The van der Waals surface area contributed by atoms with Gasteiger partial charge in [-0.15, -0.1) is 0 Å². The van der Waals surface area contributed by atoms with Crippen LogP contribution >= 0.6 is 0 Å². The van der Waals surface area contributed by atoms with Gasteiger partial charge in [0.1, 0.15) is 0 Å². The molecule has 0 fully saturated rings. The fourth-order valence-electron chi connectivity index (χ4n) is 3.71. The molecule has 0 radical (unpaired) electrons. The SMILES string of the molecule is CCCCCC(/C=[CH]\[Sn]([CH2]CCC)([CH2]CCC)[CH2]CCC)CCO. The van der Waals surface area contributed by atoms with Gasteiger partial charge < -0.3 is 0 Å². The van der Waals surface area contributed by atoms with Crippen molar-refractivity contribution < 1.29 is 5.11 Å². The Bertz CT molecular complexity index is 266. The molecule has 0 rings (SSSR count). The van der Waals surface area contributed by atoms with Crippen molar-refractivity contribution in [2.75, 3.05) is 6.61 Å². The van der Waals surface area contributed by atoms with Crippen LogP contribution in [0.3, 0.4) is 0 Å². The summed E-state index contributed by atoms with van der Waals surface area (Å²) in [4.78, 5) is 0. The zero-order chi connectivity index (χ0) is 18.1. The maximum atomic E-state index is 9.43. The number of hydrogen-bond donors (Lipinski definition) is 1. The van der Waals surface area contributed by atoms with Crippen molar-refractivity contribution in [2.24, 2.45) is 5.92 Å². The van der Waals surface area contributed by atoms with E-state index in [0.717, 1.165) is 6.42 Å². The van der Waals surface area contributed by atoms with Gasteiger partial charge in [0.15, 0.2) is 0 Å². The zero-order valence-electron chi connectivity index (χ0n) is 17.3. The van der Waals surface area contributed by atoms with Crippen LogP contribution in [0.15, 0.2) is 10.2 Å². The molecule has 1 atom stereocenters. The molecule has 0 saturated heterocycles. The molecule has 2 heteroatoms. The summed E-state index contributed by atoms with van der Waals surface area (Å²) in [5, 5.41) is 9.43. The molecule has 0 aromatic carbocycles. The Balaban J connectivity index is 5.01. The molecule has 1 N–H and O–H groups in total. The molecule has 0 heterocycles. The Labute approximate surface area is 157 Å². The molecule has 0 aromatic rings. The van der Waals surface area contributed by atoms with E-state index in [1.165, 1.54) is 64.2 Å². The topological polar surface area (TPSA) is 20.2 Å². The molecular weight excluding hydrogens is 399 g/mol. The van der Waals surface area contributed by atoms with Crippen LogP contribution in [-0.4, -0.2) is 30.1 Å². The second kappa shape index (κ2) is 16.9. The van der Waals surface area contributed by atoms with Gasteiger partial charge in [-0.3, -0.25) is 0 Å². The van der Waals surface area contributed by atoms with E-state index in [2.05, 4.69) is 37.9 Å². The van der Waals surface area contributed by atoms with Gasteiger partial charge in [-0.2, -0.15) is 0 Å². The molecule has 1 nitrogen and oxygen atoms in total. The van der Waals surface area contributed by atoms with E-state index in [-0.39, 0.29) is 0 Å². The van der Waals surface area contributed by atoms with Crippen LogP contribution < -0.4 is 0 Å². The van der Waals surface area contributed by atoms with E-state index < -0.39 is 18.4 Å². The van der Waals surface area contributed by atoms with Gasteiger partial charge in [0.2, 0.25) is 0 Å². The van der Waals surface area contributed by atoms with Crippen LogP contribution in [0, 0.1) is 5.92 Å². The van der Waals surface area contributed by atoms with E-state index in [0.29, 0.717) is 12.5 Å². The molecule has 0 aliphatic heterocycles. The van der Waals surface area contributed by atoms with Crippen molar-refractivity contribution in [3.8, 4) is 0 Å². The zero-order valence-corrected chi connectivity index (χ0v) is 20.1. The van der Waals surface area contributed by atoms with Crippen molar-refractivity contribution in [1.82, 2.24) is 0 Å². The Morgan fingerprint density at radius 2 is 1.21 bits per heavy atom. The summed E-state index contributed by atoms with van der Waals surface area (Å²) in [7, 11) is 0. The summed E-state index contributed by atoms with van der Waals surface area (Å²) in [6.45, 7) is 9.67. The Hall–Kier alpha value is 0.499. The van der Waals surface area contributed by atoms with Crippen LogP contribution in [-0.2, 0) is 0 Å². The summed E-state index contributed by atoms with van der Waals surface area (Å²) in [6, 6.07) is 0. The van der Waals surface area contributed by atoms with Crippen LogP contribution in [0.25, 0.3) is 0 Å². The third kappa shape index (κ3) is 12.0. The Morgan fingerprint density at radius 3 is 1.62 bits per heavy atom. The summed E-state index contributed by atoms with van der Waals surface area (Å²) in [5.41, 5.74) is 0. The monoisotopic (exact) mass is 446 g/mol. The van der Waals surface area contributed by atoms with Crippen molar-refractivity contribution in [2.45, 2.75) is 112 Å². The minimum atomic E-state index is -2.12. The van der Waals surface area contributed by atoms with Gasteiger partial charge in [-0.1, -0.05) is 0 Å². The van der Waals surface area contributed by atoms with E-state index in [1.807, 2.05) is 0 Å². The second-order valence-corrected chi connectivity index (χ2v) is 20.8. The minimum absolute atomic E-state index is 0.350. The molecule has 0 aliphatic rings. The van der Waals surface area contributed by atoms with Crippen molar-refractivity contribution in [1.29, 1.82) is 0 Å². The van der Waals surface area contributed by atoms with Crippen molar-refractivity contribution in [3.63, 3.8) is 0 Å². The van der Waals surface area contributed by atoms with Crippen LogP contribution in [0.2, 0.25) is 13.3 Å². The standard InChI is InChI=1S/C10H19O.3C4H9.Sn/c1-3-5-6-7-10(4-2)8-9-11;3*1-3-4-2;/h2,4,10-11H,3,5-9H2,1H3;3*1,3-4H2,2H3;. The second-order valence-electron chi connectivity index (χ2n) is 7.80. The van der Waals surface area contributed by atoms with Crippen molar-refractivity contribution in [3.05, 3.63) is 10.2 Å². The third-order valence-electron chi connectivity index (χ3n) is 5.48. The fourth-order valence-corrected chi connectivity index (χ4v) is 18.3. The normalized spacial score (nSPS) is 13.7. The Morgan fingerprint density at radius 1 is 0.708 bits per heavy atom. The van der Waals surface area contributed by atoms with Gasteiger partial charge in [0, 0.05) is 0 Å². The fraction of sp³-hybridized carbons (Fsp3) is 0.909. The van der Waals surface area contributed by atoms with E-state index in [4.69, 9.17) is 0 Å². The van der Waals surface area contributed by atoms with Gasteiger partial charge in [0.05, 0.1) is 0 Å². The Kier molecular flexibility index (Phi) is 17.3. The quantitative estimate of drug-likeness (QED) is 0.181. The summed E-state index contributed by atoms with van der Waals surface area (Å²) in [6.07, 6.45) is 17.2. The molecular formula is C22H46OSn. The number of rotatable bonds is 17. The molecule has 0 saturated carbocycles. The van der Waals surface area contributed by atoms with Gasteiger partial charge >= 0.3 is 158 Å². The molecule has 1 unspecified atom stereocenters. The van der Waals surface area contributed by atoms with E-state index in [9.17, 15) is 5.11 Å². The predicted octanol–water partition coefficient (Wildman–Crippen LogP) is 7.51. The van der Waals surface area contributed by atoms with Crippen LogP contribution in [0.5, 0.6) is 0 Å². The van der Waals surface area contributed by atoms with Crippen LogP contribution in [0.1, 0.15) is 98.3 Å². The van der Waals surface area contributed by atoms with E-state index >= 15 is 0 Å². The van der Waals surface area contributed by atoms with Crippen molar-refractivity contribution >= 4 is 18.4 Å². The molecule has 24 heavy (non-hydrogen) atoms. The third-order valence-corrected chi connectivity index (χ3v) is 19.6. The average molecular weight is 445 g/mol. The number of aliphatic hydroxyl groups excluding tert-OH is 1. The van der Waals surface area contributed by atoms with Gasteiger partial charge in [0.25, 0.3) is 0 Å². The maximum absolute atomic E-state index is 9.43.